The van der Waals surface area contributed by atoms with Crippen LogP contribution in [-0.4, -0.2) is 34.2 Å². The molecular weight excluding hydrogens is 464 g/mol. The number of benzene rings is 3. The van der Waals surface area contributed by atoms with Crippen molar-refractivity contribution < 1.29 is 18.9 Å². The topological polar surface area (TPSA) is 52.5 Å². The number of para-hydroxylation sites is 1. The Morgan fingerprint density at radius 1 is 0.784 bits per heavy atom. The summed E-state index contributed by atoms with van der Waals surface area (Å²) in [7, 11) is 6.67. The van der Waals surface area contributed by atoms with Crippen molar-refractivity contribution in [3.8, 4) is 23.0 Å². The quantitative estimate of drug-likeness (QED) is 0.360. The number of rotatable bonds is 7. The highest BCUT2D eigenvalue weighted by Crippen LogP contribution is 2.49. The van der Waals surface area contributed by atoms with Crippen molar-refractivity contribution in [2.45, 2.75) is 25.8 Å². The van der Waals surface area contributed by atoms with Crippen LogP contribution in [0.2, 0.25) is 0 Å². The molecule has 5 rings (SSSR count). The molecule has 1 saturated carbocycles. The minimum Gasteiger partial charge on any atom is -0.493 e. The number of allylic oxidation sites excluding steroid dienone is 1. The molecule has 3 aromatic carbocycles. The summed E-state index contributed by atoms with van der Waals surface area (Å²) in [5.41, 5.74) is 5.72. The second-order valence-corrected chi connectivity index (χ2v) is 9.55. The van der Waals surface area contributed by atoms with Gasteiger partial charge in [-0.1, -0.05) is 37.3 Å². The van der Waals surface area contributed by atoms with Gasteiger partial charge in [0.25, 0.3) is 0 Å². The molecule has 1 aliphatic heterocycles. The fourth-order valence-electron chi connectivity index (χ4n) is 5.57. The van der Waals surface area contributed by atoms with Crippen molar-refractivity contribution in [3.63, 3.8) is 0 Å². The van der Waals surface area contributed by atoms with Gasteiger partial charge in [0, 0.05) is 5.92 Å². The molecule has 3 unspecified atom stereocenters. The summed E-state index contributed by atoms with van der Waals surface area (Å²) < 4.78 is 22.2. The van der Waals surface area contributed by atoms with Crippen LogP contribution in [-0.2, 0) is 0 Å². The fourth-order valence-corrected chi connectivity index (χ4v) is 5.57. The number of anilines is 1. The van der Waals surface area contributed by atoms with Gasteiger partial charge in [0.15, 0.2) is 23.0 Å². The number of hydrogen-bond acceptors (Lipinski definition) is 6. The van der Waals surface area contributed by atoms with E-state index >= 15 is 0 Å². The van der Waals surface area contributed by atoms with Gasteiger partial charge < -0.3 is 18.9 Å². The van der Waals surface area contributed by atoms with Crippen LogP contribution in [0.25, 0.3) is 6.08 Å². The lowest BCUT2D eigenvalue weighted by molar-refractivity contribution is 0.348. The van der Waals surface area contributed by atoms with Crippen LogP contribution in [0.3, 0.4) is 0 Å². The van der Waals surface area contributed by atoms with Gasteiger partial charge in [-0.3, -0.25) is 5.01 Å². The van der Waals surface area contributed by atoms with E-state index in [9.17, 15) is 0 Å². The van der Waals surface area contributed by atoms with Crippen LogP contribution >= 0.6 is 0 Å². The van der Waals surface area contributed by atoms with Crippen LogP contribution in [0.15, 0.2) is 77.4 Å². The predicted octanol–water partition coefficient (Wildman–Crippen LogP) is 6.77. The zero-order valence-electron chi connectivity index (χ0n) is 22.1. The number of hydrogen-bond donors (Lipinski definition) is 0. The zero-order chi connectivity index (χ0) is 25.9. The maximum Gasteiger partial charge on any atom is 0.161 e. The predicted molar refractivity (Wildman–Crippen MR) is 148 cm³/mol. The molecule has 0 bridgehead atoms. The van der Waals surface area contributed by atoms with Crippen molar-refractivity contribution in [3.05, 3.63) is 83.4 Å². The largest absolute Gasteiger partial charge is 0.493 e. The monoisotopic (exact) mass is 498 g/mol. The van der Waals surface area contributed by atoms with Crippen molar-refractivity contribution in [1.82, 2.24) is 0 Å². The lowest BCUT2D eigenvalue weighted by Crippen LogP contribution is -2.33. The Hall–Kier alpha value is -3.93. The summed E-state index contributed by atoms with van der Waals surface area (Å²) in [4.78, 5) is 0. The smallest absolute Gasteiger partial charge is 0.161 e. The zero-order valence-corrected chi connectivity index (χ0v) is 22.1. The molecule has 0 amide bonds. The highest BCUT2D eigenvalue weighted by molar-refractivity contribution is 6.08. The number of ether oxygens (including phenoxy) is 4. The second kappa shape index (κ2) is 10.6. The Morgan fingerprint density at radius 2 is 1.43 bits per heavy atom. The number of hydrazone groups is 1. The van der Waals surface area contributed by atoms with Crippen molar-refractivity contribution in [2.75, 3.05) is 33.4 Å². The van der Waals surface area contributed by atoms with Crippen LogP contribution in [0.5, 0.6) is 23.0 Å². The van der Waals surface area contributed by atoms with Gasteiger partial charge in [0.1, 0.15) is 0 Å². The maximum absolute atomic E-state index is 5.67. The summed E-state index contributed by atoms with van der Waals surface area (Å²) in [5, 5.41) is 7.48. The van der Waals surface area contributed by atoms with E-state index in [1.165, 1.54) is 5.57 Å². The molecule has 1 fully saturated rings. The highest BCUT2D eigenvalue weighted by Gasteiger charge is 2.45. The van der Waals surface area contributed by atoms with Gasteiger partial charge >= 0.3 is 0 Å². The average molecular weight is 499 g/mol. The molecular formula is C31H34N2O4. The summed E-state index contributed by atoms with van der Waals surface area (Å²) in [6.45, 7) is 2.34. The third-order valence-corrected chi connectivity index (χ3v) is 7.46. The lowest BCUT2D eigenvalue weighted by Gasteiger charge is -2.35. The van der Waals surface area contributed by atoms with Crippen molar-refractivity contribution in [1.29, 1.82) is 0 Å². The molecule has 37 heavy (non-hydrogen) atoms. The first-order chi connectivity index (χ1) is 18.1. The molecule has 3 atom stereocenters. The van der Waals surface area contributed by atoms with Crippen LogP contribution < -0.4 is 24.0 Å². The van der Waals surface area contributed by atoms with Gasteiger partial charge in [-0.15, -0.1) is 0 Å². The second-order valence-electron chi connectivity index (χ2n) is 9.55. The van der Waals surface area contributed by atoms with Gasteiger partial charge in [-0.25, -0.2) is 0 Å². The third-order valence-electron chi connectivity index (χ3n) is 7.46. The van der Waals surface area contributed by atoms with Gasteiger partial charge in [0.05, 0.1) is 45.9 Å². The van der Waals surface area contributed by atoms with Crippen LogP contribution in [0, 0.1) is 11.8 Å². The van der Waals surface area contributed by atoms with Gasteiger partial charge in [-0.05, 0) is 77.9 Å². The van der Waals surface area contributed by atoms with E-state index in [0.717, 1.165) is 58.4 Å². The fraction of sp³-hybridized carbons (Fsp3) is 0.323. The summed E-state index contributed by atoms with van der Waals surface area (Å²) >= 11 is 0. The van der Waals surface area contributed by atoms with Crippen molar-refractivity contribution >= 4 is 17.5 Å². The summed E-state index contributed by atoms with van der Waals surface area (Å²) in [5.74, 6) is 3.60. The molecule has 0 saturated heterocycles. The highest BCUT2D eigenvalue weighted by atomic mass is 16.5. The van der Waals surface area contributed by atoms with Gasteiger partial charge in [0.2, 0.25) is 0 Å². The van der Waals surface area contributed by atoms with E-state index < -0.39 is 0 Å². The van der Waals surface area contributed by atoms with E-state index in [1.807, 2.05) is 24.3 Å². The molecule has 0 N–H and O–H groups in total. The molecule has 3 aromatic rings. The minimum atomic E-state index is 0.0429. The summed E-state index contributed by atoms with van der Waals surface area (Å²) in [6.07, 6.45) is 4.32. The Morgan fingerprint density at radius 3 is 2.11 bits per heavy atom. The Kier molecular flexibility index (Phi) is 7.08. The molecule has 6 heteroatoms. The molecule has 1 aliphatic carbocycles. The first kappa shape index (κ1) is 24.8. The normalized spacial score (nSPS) is 21.9. The van der Waals surface area contributed by atoms with Crippen LogP contribution in [0.1, 0.15) is 36.9 Å². The third kappa shape index (κ3) is 4.64. The molecule has 2 aliphatic rings. The molecule has 0 radical (unpaired) electrons. The van der Waals surface area contributed by atoms with Crippen LogP contribution in [0.4, 0.5) is 5.69 Å². The van der Waals surface area contributed by atoms with E-state index in [4.69, 9.17) is 24.0 Å². The number of methoxy groups -OCH3 is 4. The van der Waals surface area contributed by atoms with E-state index in [2.05, 4.69) is 60.5 Å². The average Bonchev–Trinajstić information content (AvgIpc) is 3.36. The summed E-state index contributed by atoms with van der Waals surface area (Å²) in [6, 6.07) is 22.7. The van der Waals surface area contributed by atoms with E-state index in [1.54, 1.807) is 28.4 Å². The molecule has 0 spiro atoms. The Labute approximate surface area is 219 Å². The standard InChI is InChI=1S/C31H34N2O4/c1-20-11-13-22(17-21-12-15-25(34-2)27(18-21)36-4)30-29(20)31(33(32-30)24-9-7-6-8-10-24)23-14-16-26(35-3)28(19-23)37-5/h6-10,12,14-20,29,31H,11,13H2,1-5H3. The minimum absolute atomic E-state index is 0.0429. The van der Waals surface area contributed by atoms with E-state index in [0.29, 0.717) is 5.92 Å². The first-order valence-corrected chi connectivity index (χ1v) is 12.7. The lowest BCUT2D eigenvalue weighted by atomic mass is 9.71. The number of nitrogens with zero attached hydrogens (tertiary/aromatic N) is 2. The number of fused-ring (bicyclic) bond motifs is 1. The maximum atomic E-state index is 5.67. The molecule has 192 valence electrons. The molecule has 1 heterocycles. The Bertz CT molecular complexity index is 1320. The van der Waals surface area contributed by atoms with Crippen molar-refractivity contribution in [2.24, 2.45) is 16.9 Å². The first-order valence-electron chi connectivity index (χ1n) is 12.7. The molecule has 0 aromatic heterocycles. The van der Waals surface area contributed by atoms with Gasteiger partial charge in [-0.2, -0.15) is 5.10 Å². The van der Waals surface area contributed by atoms with E-state index in [-0.39, 0.29) is 12.0 Å². The SMILES string of the molecule is COc1ccc(C=C2CCC(C)C3C2=NN(c2ccccc2)C3c2ccc(OC)c(OC)c2)cc1OC. The molecule has 6 nitrogen and oxygen atoms in total. The Balaban J connectivity index is 1.61.